The van der Waals surface area contributed by atoms with Crippen molar-refractivity contribution in [2.75, 3.05) is 32.8 Å². The van der Waals surface area contributed by atoms with Gasteiger partial charge in [-0.3, -0.25) is 9.59 Å². The highest BCUT2D eigenvalue weighted by atomic mass is 16.5. The van der Waals surface area contributed by atoms with Crippen LogP contribution in [0, 0.1) is 0 Å². The number of rotatable bonds is 7. The Morgan fingerprint density at radius 1 is 1.00 bits per heavy atom. The number of carbonyl (C=O) groups excluding carboxylic acids is 2. The molecule has 6 nitrogen and oxygen atoms in total. The zero-order chi connectivity index (χ0) is 15.0. The molecule has 0 amide bonds. The number of nitrogens with zero attached hydrogens (tertiary/aromatic N) is 1. The van der Waals surface area contributed by atoms with Gasteiger partial charge in [0.25, 0.3) is 0 Å². The van der Waals surface area contributed by atoms with E-state index >= 15 is 0 Å². The summed E-state index contributed by atoms with van der Waals surface area (Å²) < 4.78 is 9.96. The first kappa shape index (κ1) is 16.9. The first-order valence-electron chi connectivity index (χ1n) is 7.38. The monoisotopic (exact) mass is 286 g/mol. The van der Waals surface area contributed by atoms with Crippen molar-refractivity contribution in [1.82, 2.24) is 10.2 Å². The van der Waals surface area contributed by atoms with Gasteiger partial charge in [0.15, 0.2) is 0 Å². The number of carbonyl (C=O) groups is 2. The molecule has 0 aromatic carbocycles. The van der Waals surface area contributed by atoms with E-state index in [1.165, 1.54) is 0 Å². The predicted octanol–water partition coefficient (Wildman–Crippen LogP) is 0.555. The third-order valence-electron chi connectivity index (χ3n) is 3.31. The second-order valence-electron chi connectivity index (χ2n) is 4.93. The third kappa shape index (κ3) is 5.88. The Balaban J connectivity index is 2.50. The second-order valence-corrected chi connectivity index (χ2v) is 4.93. The fraction of sp³-hybridized carbons (Fsp3) is 0.857. The van der Waals surface area contributed by atoms with Gasteiger partial charge < -0.3 is 19.7 Å². The van der Waals surface area contributed by atoms with Gasteiger partial charge in [-0.2, -0.15) is 0 Å². The Hall–Kier alpha value is -1.14. The van der Waals surface area contributed by atoms with Gasteiger partial charge >= 0.3 is 11.9 Å². The fourth-order valence-corrected chi connectivity index (χ4v) is 2.48. The predicted molar refractivity (Wildman–Crippen MR) is 75.3 cm³/mol. The van der Waals surface area contributed by atoms with Crippen molar-refractivity contribution in [1.29, 1.82) is 0 Å². The summed E-state index contributed by atoms with van der Waals surface area (Å²) in [5.41, 5.74) is 0. The molecule has 1 aliphatic rings. The van der Waals surface area contributed by atoms with E-state index in [4.69, 9.17) is 9.47 Å². The maximum atomic E-state index is 11.6. The normalized spacial score (nSPS) is 23.4. The SMILES string of the molecule is CCOC(=O)C[C@@H]1CN(CC)C[C@H](CC(=O)OCC)N1. The van der Waals surface area contributed by atoms with Crippen LogP contribution in [0.3, 0.4) is 0 Å². The van der Waals surface area contributed by atoms with Crippen molar-refractivity contribution >= 4 is 11.9 Å². The summed E-state index contributed by atoms with van der Waals surface area (Å²) in [5, 5.41) is 3.35. The van der Waals surface area contributed by atoms with Gasteiger partial charge in [-0.05, 0) is 20.4 Å². The number of likely N-dealkylation sites (N-methyl/N-ethyl adjacent to an activating group) is 1. The number of hydrogen-bond acceptors (Lipinski definition) is 6. The first-order chi connectivity index (χ1) is 9.58. The number of esters is 2. The van der Waals surface area contributed by atoms with Crippen LogP contribution in [0.2, 0.25) is 0 Å². The number of piperazine rings is 1. The summed E-state index contributed by atoms with van der Waals surface area (Å²) in [6.45, 7) is 8.98. The van der Waals surface area contributed by atoms with Crippen molar-refractivity contribution in [2.45, 2.75) is 45.7 Å². The number of nitrogens with one attached hydrogen (secondary N) is 1. The van der Waals surface area contributed by atoms with Crippen molar-refractivity contribution in [3.05, 3.63) is 0 Å². The zero-order valence-corrected chi connectivity index (χ0v) is 12.7. The molecule has 0 aromatic heterocycles. The Morgan fingerprint density at radius 2 is 1.45 bits per heavy atom. The van der Waals surface area contributed by atoms with Gasteiger partial charge in [0.1, 0.15) is 0 Å². The van der Waals surface area contributed by atoms with Crippen LogP contribution >= 0.6 is 0 Å². The van der Waals surface area contributed by atoms with Crippen LogP contribution < -0.4 is 5.32 Å². The largest absolute Gasteiger partial charge is 0.466 e. The standard InChI is InChI=1S/C14H26N2O4/c1-4-16-9-11(7-13(17)19-5-2)15-12(10-16)8-14(18)20-6-3/h11-12,15H,4-10H2,1-3H3/t11-,12+. The van der Waals surface area contributed by atoms with Gasteiger partial charge in [0, 0.05) is 25.2 Å². The molecule has 0 spiro atoms. The quantitative estimate of drug-likeness (QED) is 0.690. The highest BCUT2D eigenvalue weighted by molar-refractivity contribution is 5.71. The highest BCUT2D eigenvalue weighted by Crippen LogP contribution is 2.11. The molecule has 1 heterocycles. The average Bonchev–Trinajstić information content (AvgIpc) is 2.38. The van der Waals surface area contributed by atoms with Gasteiger partial charge in [0.2, 0.25) is 0 Å². The van der Waals surface area contributed by atoms with E-state index in [2.05, 4.69) is 17.1 Å². The van der Waals surface area contributed by atoms with Crippen LogP contribution in [-0.4, -0.2) is 61.8 Å². The molecule has 6 heteroatoms. The summed E-state index contributed by atoms with van der Waals surface area (Å²) in [5.74, 6) is -0.393. The topological polar surface area (TPSA) is 67.9 Å². The van der Waals surface area contributed by atoms with E-state index in [-0.39, 0.29) is 24.0 Å². The molecule has 2 atom stereocenters. The second kappa shape index (κ2) is 8.92. The summed E-state index contributed by atoms with van der Waals surface area (Å²) >= 11 is 0. The van der Waals surface area contributed by atoms with Crippen LogP contribution in [0.15, 0.2) is 0 Å². The van der Waals surface area contributed by atoms with Gasteiger partial charge in [-0.1, -0.05) is 6.92 Å². The minimum atomic E-state index is -0.196. The molecule has 1 saturated heterocycles. The zero-order valence-electron chi connectivity index (χ0n) is 12.7. The third-order valence-corrected chi connectivity index (χ3v) is 3.31. The number of hydrogen-bond donors (Lipinski definition) is 1. The van der Waals surface area contributed by atoms with E-state index in [0.717, 1.165) is 19.6 Å². The van der Waals surface area contributed by atoms with E-state index in [1.807, 2.05) is 0 Å². The van der Waals surface area contributed by atoms with Crippen molar-refractivity contribution in [2.24, 2.45) is 0 Å². The van der Waals surface area contributed by atoms with Crippen LogP contribution in [0.1, 0.15) is 33.6 Å². The van der Waals surface area contributed by atoms with Crippen LogP contribution in [0.25, 0.3) is 0 Å². The fourth-order valence-electron chi connectivity index (χ4n) is 2.48. The molecular formula is C14H26N2O4. The molecule has 0 aliphatic carbocycles. The Morgan fingerprint density at radius 3 is 1.80 bits per heavy atom. The molecular weight excluding hydrogens is 260 g/mol. The van der Waals surface area contributed by atoms with Crippen LogP contribution in [0.4, 0.5) is 0 Å². The summed E-state index contributed by atoms with van der Waals surface area (Å²) in [6, 6.07) is 0.0596. The van der Waals surface area contributed by atoms with Crippen LogP contribution in [-0.2, 0) is 19.1 Å². The molecule has 0 saturated carbocycles. The summed E-state index contributed by atoms with van der Waals surface area (Å²) in [6.07, 6.45) is 0.674. The van der Waals surface area contributed by atoms with Crippen LogP contribution in [0.5, 0.6) is 0 Å². The van der Waals surface area contributed by atoms with Gasteiger partial charge in [0.05, 0.1) is 26.1 Å². The smallest absolute Gasteiger partial charge is 0.307 e. The lowest BCUT2D eigenvalue weighted by molar-refractivity contribution is -0.144. The van der Waals surface area contributed by atoms with Crippen molar-refractivity contribution in [3.63, 3.8) is 0 Å². The molecule has 1 rings (SSSR count). The molecule has 116 valence electrons. The highest BCUT2D eigenvalue weighted by Gasteiger charge is 2.29. The van der Waals surface area contributed by atoms with E-state index < -0.39 is 0 Å². The lowest BCUT2D eigenvalue weighted by Gasteiger charge is -2.37. The molecule has 20 heavy (non-hydrogen) atoms. The molecule has 0 bridgehead atoms. The first-order valence-corrected chi connectivity index (χ1v) is 7.38. The lowest BCUT2D eigenvalue weighted by atomic mass is 10.0. The molecule has 1 aliphatic heterocycles. The Kier molecular flexibility index (Phi) is 7.54. The molecule has 1 fully saturated rings. The van der Waals surface area contributed by atoms with Crippen molar-refractivity contribution < 1.29 is 19.1 Å². The minimum absolute atomic E-state index is 0.0298. The van der Waals surface area contributed by atoms with E-state index in [0.29, 0.717) is 26.1 Å². The molecule has 0 aromatic rings. The Bertz CT molecular complexity index is 294. The summed E-state index contributed by atoms with van der Waals surface area (Å²) in [7, 11) is 0. The van der Waals surface area contributed by atoms with Gasteiger partial charge in [-0.15, -0.1) is 0 Å². The van der Waals surface area contributed by atoms with E-state index in [9.17, 15) is 9.59 Å². The maximum absolute atomic E-state index is 11.6. The lowest BCUT2D eigenvalue weighted by Crippen LogP contribution is -2.57. The van der Waals surface area contributed by atoms with Crippen molar-refractivity contribution in [3.8, 4) is 0 Å². The van der Waals surface area contributed by atoms with E-state index in [1.54, 1.807) is 13.8 Å². The average molecular weight is 286 g/mol. The molecule has 0 radical (unpaired) electrons. The summed E-state index contributed by atoms with van der Waals surface area (Å²) in [4.78, 5) is 25.4. The maximum Gasteiger partial charge on any atom is 0.307 e. The molecule has 1 N–H and O–H groups in total. The van der Waals surface area contributed by atoms with Gasteiger partial charge in [-0.25, -0.2) is 0 Å². The Labute approximate surface area is 120 Å². The molecule has 0 unspecified atom stereocenters. The number of ether oxygens (including phenoxy) is 2. The minimum Gasteiger partial charge on any atom is -0.466 e.